The Bertz CT molecular complexity index is 1310. The van der Waals surface area contributed by atoms with Gasteiger partial charge in [-0.3, -0.25) is 4.79 Å². The lowest BCUT2D eigenvalue weighted by molar-refractivity contribution is -0.125. The number of aromatic nitrogens is 4. The number of nitrogens with zero attached hydrogens (tertiary/aromatic N) is 5. The van der Waals surface area contributed by atoms with Crippen LogP contribution in [0.2, 0.25) is 0 Å². The van der Waals surface area contributed by atoms with E-state index >= 15 is 0 Å². The summed E-state index contributed by atoms with van der Waals surface area (Å²) in [6.45, 7) is 5.90. The predicted molar refractivity (Wildman–Crippen MR) is 150 cm³/mol. The minimum atomic E-state index is -0.0558. The summed E-state index contributed by atoms with van der Waals surface area (Å²) in [5.74, 6) is 2.23. The van der Waals surface area contributed by atoms with Crippen molar-refractivity contribution in [1.82, 2.24) is 20.1 Å². The third-order valence-electron chi connectivity index (χ3n) is 7.86. The minimum Gasteiger partial charge on any atom is -0.460 e. The van der Waals surface area contributed by atoms with Crippen LogP contribution in [0.3, 0.4) is 0 Å². The molecule has 3 fully saturated rings. The van der Waals surface area contributed by atoms with E-state index < -0.39 is 0 Å². The second-order valence-corrected chi connectivity index (χ2v) is 11.1. The molecule has 0 N–H and O–H groups in total. The highest BCUT2D eigenvalue weighted by molar-refractivity contribution is 5.95. The average molecular weight is 544 g/mol. The van der Waals surface area contributed by atoms with E-state index in [1.165, 1.54) is 0 Å². The Balaban J connectivity index is 1.18. The van der Waals surface area contributed by atoms with E-state index in [4.69, 9.17) is 14.0 Å². The van der Waals surface area contributed by atoms with E-state index in [-0.39, 0.29) is 23.8 Å². The molecule has 0 spiro atoms. The molecular weight excluding hydrogens is 506 g/mol. The number of benzene rings is 1. The molecule has 1 amide bonds. The fraction of sp³-hybridized carbons (Fsp3) is 0.516. The molecule has 40 heavy (non-hydrogen) atoms. The van der Waals surface area contributed by atoms with Gasteiger partial charge >= 0.3 is 6.01 Å². The molecule has 3 aliphatic rings. The first-order valence-corrected chi connectivity index (χ1v) is 14.6. The fourth-order valence-electron chi connectivity index (χ4n) is 5.12. The summed E-state index contributed by atoms with van der Waals surface area (Å²) < 4.78 is 16.8. The summed E-state index contributed by atoms with van der Waals surface area (Å²) >= 11 is 0. The topological polar surface area (TPSA) is 103 Å². The number of aryl methyl sites for hydroxylation is 1. The smallest absolute Gasteiger partial charge is 0.317 e. The molecule has 2 aromatic heterocycles. The van der Waals surface area contributed by atoms with Crippen LogP contribution in [-0.2, 0) is 16.0 Å². The molecular formula is C31H37N5O4. The maximum atomic E-state index is 13.9. The van der Waals surface area contributed by atoms with Gasteiger partial charge in [-0.2, -0.15) is 9.97 Å². The molecule has 9 heteroatoms. The number of carbonyl (C=O) groups excluding carboxylic acids is 1. The van der Waals surface area contributed by atoms with Crippen LogP contribution in [0.4, 0.5) is 5.69 Å². The van der Waals surface area contributed by atoms with Crippen molar-refractivity contribution in [1.29, 1.82) is 0 Å². The molecule has 210 valence electrons. The Morgan fingerprint density at radius 1 is 1.12 bits per heavy atom. The van der Waals surface area contributed by atoms with E-state index in [9.17, 15) is 4.79 Å². The quantitative estimate of drug-likeness (QED) is 0.259. The van der Waals surface area contributed by atoms with Crippen molar-refractivity contribution >= 4 is 11.6 Å². The fourth-order valence-corrected chi connectivity index (χ4v) is 5.12. The van der Waals surface area contributed by atoms with E-state index in [1.807, 2.05) is 41.3 Å². The first kappa shape index (κ1) is 26.6. The van der Waals surface area contributed by atoms with Crippen molar-refractivity contribution in [3.63, 3.8) is 0 Å². The first-order valence-electron chi connectivity index (χ1n) is 14.6. The van der Waals surface area contributed by atoms with Crippen LogP contribution < -0.4 is 9.64 Å². The Hall–Kier alpha value is -3.59. The highest BCUT2D eigenvalue weighted by Crippen LogP contribution is 2.38. The number of hydrogen-bond acceptors (Lipinski definition) is 8. The van der Waals surface area contributed by atoms with E-state index in [2.05, 4.69) is 26.7 Å². The number of rotatable bonds is 13. The molecule has 2 aliphatic carbocycles. The number of hydrogen-bond donors (Lipinski definition) is 0. The highest BCUT2D eigenvalue weighted by Gasteiger charge is 2.30. The van der Waals surface area contributed by atoms with Crippen LogP contribution in [0.15, 0.2) is 53.7 Å². The van der Waals surface area contributed by atoms with Gasteiger partial charge in [0, 0.05) is 55.5 Å². The maximum absolute atomic E-state index is 13.9. The van der Waals surface area contributed by atoms with E-state index in [0.717, 1.165) is 80.6 Å². The third kappa shape index (κ3) is 6.75. The molecule has 3 heterocycles. The van der Waals surface area contributed by atoms with Gasteiger partial charge in [0.05, 0.1) is 5.69 Å². The van der Waals surface area contributed by atoms with Crippen LogP contribution >= 0.6 is 0 Å². The van der Waals surface area contributed by atoms with E-state index in [1.54, 1.807) is 6.20 Å². The minimum absolute atomic E-state index is 0.0558. The van der Waals surface area contributed by atoms with Gasteiger partial charge in [0.2, 0.25) is 11.8 Å². The highest BCUT2D eigenvalue weighted by atomic mass is 16.5. The second-order valence-electron chi connectivity index (χ2n) is 11.1. The molecule has 0 radical (unpaired) electrons. The van der Waals surface area contributed by atoms with Crippen molar-refractivity contribution in [2.24, 2.45) is 11.8 Å². The third-order valence-corrected chi connectivity index (χ3v) is 7.86. The molecule has 9 nitrogen and oxygen atoms in total. The zero-order valence-corrected chi connectivity index (χ0v) is 22.9. The van der Waals surface area contributed by atoms with Crippen LogP contribution in [0.1, 0.15) is 69.0 Å². The van der Waals surface area contributed by atoms with Crippen LogP contribution in [0.5, 0.6) is 6.01 Å². The standard InChI is InChI=1S/C31H37N5O4/c1-2-21(5-3-8-28-34-29(35-40-28)22-9-10-22)20-36(30(37)23-14-17-38-18-15-23)25-7-4-6-24(19-25)27-13-16-32-31(33-27)39-26-11-12-26/h2,4,6-7,13,16,19,21-23,26H,1,3,5,8-12,14-15,17-18,20H2. The molecule has 1 aliphatic heterocycles. The van der Waals surface area contributed by atoms with Gasteiger partial charge in [0.1, 0.15) is 6.10 Å². The van der Waals surface area contributed by atoms with Crippen molar-refractivity contribution in [3.05, 3.63) is 60.9 Å². The van der Waals surface area contributed by atoms with Gasteiger partial charge < -0.3 is 18.9 Å². The molecule has 0 bridgehead atoms. The summed E-state index contributed by atoms with van der Waals surface area (Å²) in [6, 6.07) is 10.3. The van der Waals surface area contributed by atoms with Gasteiger partial charge in [-0.1, -0.05) is 23.4 Å². The first-order chi connectivity index (χ1) is 19.7. The summed E-state index contributed by atoms with van der Waals surface area (Å²) in [6.07, 6.45) is 12.3. The van der Waals surface area contributed by atoms with Gasteiger partial charge in [0.25, 0.3) is 0 Å². The summed E-state index contributed by atoms with van der Waals surface area (Å²) in [4.78, 5) is 29.3. The van der Waals surface area contributed by atoms with Crippen molar-refractivity contribution in [3.8, 4) is 17.3 Å². The van der Waals surface area contributed by atoms with Crippen LogP contribution in [-0.4, -0.2) is 51.9 Å². The molecule has 1 saturated heterocycles. The number of anilines is 1. The lowest BCUT2D eigenvalue weighted by Gasteiger charge is -2.32. The molecule has 1 atom stereocenters. The lowest BCUT2D eigenvalue weighted by Crippen LogP contribution is -2.41. The molecule has 1 unspecified atom stereocenters. The molecule has 1 aromatic carbocycles. The lowest BCUT2D eigenvalue weighted by atomic mass is 9.95. The van der Waals surface area contributed by atoms with Gasteiger partial charge in [0.15, 0.2) is 5.82 Å². The Labute approximate surface area is 235 Å². The number of amides is 1. The number of ether oxygens (including phenoxy) is 2. The van der Waals surface area contributed by atoms with Crippen LogP contribution in [0.25, 0.3) is 11.3 Å². The van der Waals surface area contributed by atoms with Crippen molar-refractivity contribution in [2.45, 2.75) is 69.8 Å². The molecule has 3 aromatic rings. The van der Waals surface area contributed by atoms with Gasteiger partial charge in [-0.05, 0) is 75.5 Å². The predicted octanol–water partition coefficient (Wildman–Crippen LogP) is 5.53. The Morgan fingerprint density at radius 2 is 1.98 bits per heavy atom. The van der Waals surface area contributed by atoms with Crippen LogP contribution in [0, 0.1) is 11.8 Å². The SMILES string of the molecule is C=CC(CCCc1nc(C2CC2)no1)CN(C(=O)C1CCOCC1)c1cccc(-c2ccnc(OC3CC3)n2)c1. The summed E-state index contributed by atoms with van der Waals surface area (Å²) in [5.41, 5.74) is 2.55. The average Bonchev–Trinajstić information content (AvgIpc) is 3.95. The summed E-state index contributed by atoms with van der Waals surface area (Å²) in [5, 5.41) is 4.13. The number of carbonyl (C=O) groups is 1. The van der Waals surface area contributed by atoms with Crippen molar-refractivity contribution in [2.75, 3.05) is 24.7 Å². The second kappa shape index (κ2) is 12.3. The maximum Gasteiger partial charge on any atom is 0.317 e. The summed E-state index contributed by atoms with van der Waals surface area (Å²) in [7, 11) is 0. The van der Waals surface area contributed by atoms with Gasteiger partial charge in [-0.15, -0.1) is 6.58 Å². The monoisotopic (exact) mass is 543 g/mol. The van der Waals surface area contributed by atoms with Crippen molar-refractivity contribution < 1.29 is 18.8 Å². The zero-order chi connectivity index (χ0) is 27.3. The largest absolute Gasteiger partial charge is 0.460 e. The normalized spacial score (nSPS) is 18.3. The molecule has 6 rings (SSSR count). The zero-order valence-electron chi connectivity index (χ0n) is 22.9. The van der Waals surface area contributed by atoms with E-state index in [0.29, 0.717) is 37.6 Å². The Kier molecular flexibility index (Phi) is 8.18. The van der Waals surface area contributed by atoms with Gasteiger partial charge in [-0.25, -0.2) is 4.98 Å². The molecule has 2 saturated carbocycles. The Morgan fingerprint density at radius 3 is 2.75 bits per heavy atom.